The Kier molecular flexibility index (Phi) is 3.90. The fourth-order valence-electron chi connectivity index (χ4n) is 1.62. The summed E-state index contributed by atoms with van der Waals surface area (Å²) in [6, 6.07) is 10.9. The first-order valence-corrected chi connectivity index (χ1v) is 6.99. The standard InChI is InChI=1S/C12H11BrClNOS/c13-11-6-5-10(17-11)12(16,7-15)8-1-3-9(14)4-2-8/h1-6,16H,7,15H2/t12-/m1/s1. The first kappa shape index (κ1) is 13.1. The highest BCUT2D eigenvalue weighted by Crippen LogP contribution is 2.35. The lowest BCUT2D eigenvalue weighted by Crippen LogP contribution is -2.35. The van der Waals surface area contributed by atoms with E-state index in [-0.39, 0.29) is 6.54 Å². The second kappa shape index (κ2) is 5.08. The molecule has 0 amide bonds. The van der Waals surface area contributed by atoms with Gasteiger partial charge in [0.05, 0.1) is 3.79 Å². The number of nitrogens with two attached hydrogens (primary N) is 1. The van der Waals surface area contributed by atoms with Gasteiger partial charge in [-0.2, -0.15) is 0 Å². The van der Waals surface area contributed by atoms with Crippen LogP contribution in [0.25, 0.3) is 0 Å². The lowest BCUT2D eigenvalue weighted by Gasteiger charge is -2.25. The van der Waals surface area contributed by atoms with Crippen LogP contribution in [0.1, 0.15) is 10.4 Å². The highest BCUT2D eigenvalue weighted by Gasteiger charge is 2.31. The zero-order valence-electron chi connectivity index (χ0n) is 8.86. The van der Waals surface area contributed by atoms with E-state index in [9.17, 15) is 5.11 Å². The Morgan fingerprint density at radius 2 is 1.88 bits per heavy atom. The zero-order chi connectivity index (χ0) is 12.5. The number of halogens is 2. The van der Waals surface area contributed by atoms with Gasteiger partial charge in [-0.1, -0.05) is 23.7 Å². The van der Waals surface area contributed by atoms with Crippen molar-refractivity contribution in [2.75, 3.05) is 6.54 Å². The molecule has 90 valence electrons. The molecule has 1 aromatic heterocycles. The van der Waals surface area contributed by atoms with Crippen molar-refractivity contribution in [3.63, 3.8) is 0 Å². The summed E-state index contributed by atoms with van der Waals surface area (Å²) >= 11 is 10.7. The van der Waals surface area contributed by atoms with E-state index in [4.69, 9.17) is 17.3 Å². The van der Waals surface area contributed by atoms with E-state index in [0.717, 1.165) is 14.2 Å². The molecule has 5 heteroatoms. The van der Waals surface area contributed by atoms with Crippen molar-refractivity contribution in [2.45, 2.75) is 5.60 Å². The summed E-state index contributed by atoms with van der Waals surface area (Å²) in [6.45, 7) is 0.127. The summed E-state index contributed by atoms with van der Waals surface area (Å²) in [7, 11) is 0. The fourth-order valence-corrected chi connectivity index (χ4v) is 3.26. The topological polar surface area (TPSA) is 46.2 Å². The van der Waals surface area contributed by atoms with Crippen molar-refractivity contribution in [1.82, 2.24) is 0 Å². The molecular formula is C12H11BrClNOS. The van der Waals surface area contributed by atoms with Crippen LogP contribution in [-0.2, 0) is 5.60 Å². The molecular weight excluding hydrogens is 322 g/mol. The second-order valence-corrected chi connectivity index (χ2v) is 6.57. The van der Waals surface area contributed by atoms with Crippen LogP contribution in [-0.4, -0.2) is 11.7 Å². The van der Waals surface area contributed by atoms with Crippen LogP contribution in [0, 0.1) is 0 Å². The Hall–Kier alpha value is -0.390. The van der Waals surface area contributed by atoms with E-state index in [1.807, 2.05) is 12.1 Å². The van der Waals surface area contributed by atoms with Crippen LogP contribution in [0.5, 0.6) is 0 Å². The predicted molar refractivity (Wildman–Crippen MR) is 75.5 cm³/mol. The fraction of sp³-hybridized carbons (Fsp3) is 0.167. The van der Waals surface area contributed by atoms with Crippen molar-refractivity contribution in [3.8, 4) is 0 Å². The molecule has 2 aromatic rings. The number of hydrogen-bond donors (Lipinski definition) is 2. The molecule has 0 unspecified atom stereocenters. The largest absolute Gasteiger partial charge is 0.378 e. The number of thiophene rings is 1. The molecule has 2 rings (SSSR count). The highest BCUT2D eigenvalue weighted by molar-refractivity contribution is 9.11. The number of benzene rings is 1. The molecule has 0 radical (unpaired) electrons. The van der Waals surface area contributed by atoms with E-state index in [0.29, 0.717) is 5.02 Å². The molecule has 0 saturated heterocycles. The van der Waals surface area contributed by atoms with Gasteiger partial charge in [0.15, 0.2) is 0 Å². The minimum atomic E-state index is -1.15. The first-order chi connectivity index (χ1) is 8.06. The Labute approximate surface area is 117 Å². The lowest BCUT2D eigenvalue weighted by atomic mass is 9.92. The van der Waals surface area contributed by atoms with Crippen LogP contribution < -0.4 is 5.73 Å². The van der Waals surface area contributed by atoms with Crippen LogP contribution in [0.15, 0.2) is 40.2 Å². The average molecular weight is 333 g/mol. The van der Waals surface area contributed by atoms with Gasteiger partial charge in [0.1, 0.15) is 5.60 Å². The van der Waals surface area contributed by atoms with Gasteiger partial charge in [-0.25, -0.2) is 0 Å². The van der Waals surface area contributed by atoms with Crippen molar-refractivity contribution in [3.05, 3.63) is 55.6 Å². The predicted octanol–water partition coefficient (Wildman–Crippen LogP) is 3.36. The number of hydrogen-bond acceptors (Lipinski definition) is 3. The summed E-state index contributed by atoms with van der Waals surface area (Å²) in [6.07, 6.45) is 0. The van der Waals surface area contributed by atoms with Crippen LogP contribution in [0.4, 0.5) is 0 Å². The molecule has 0 aliphatic heterocycles. The third-order valence-electron chi connectivity index (χ3n) is 2.60. The minimum Gasteiger partial charge on any atom is -0.378 e. The van der Waals surface area contributed by atoms with Crippen molar-refractivity contribution >= 4 is 38.9 Å². The van der Waals surface area contributed by atoms with Gasteiger partial charge < -0.3 is 10.8 Å². The van der Waals surface area contributed by atoms with Gasteiger partial charge in [-0.05, 0) is 45.8 Å². The Balaban J connectivity index is 2.47. The maximum Gasteiger partial charge on any atom is 0.136 e. The molecule has 0 spiro atoms. The maximum absolute atomic E-state index is 10.7. The highest BCUT2D eigenvalue weighted by atomic mass is 79.9. The van der Waals surface area contributed by atoms with E-state index < -0.39 is 5.60 Å². The number of rotatable bonds is 3. The van der Waals surface area contributed by atoms with Crippen LogP contribution in [0.3, 0.4) is 0 Å². The van der Waals surface area contributed by atoms with Crippen molar-refractivity contribution < 1.29 is 5.11 Å². The van der Waals surface area contributed by atoms with Gasteiger partial charge in [0.25, 0.3) is 0 Å². The molecule has 1 aromatic carbocycles. The smallest absolute Gasteiger partial charge is 0.136 e. The summed E-state index contributed by atoms with van der Waals surface area (Å²) in [5.41, 5.74) is 5.32. The Morgan fingerprint density at radius 1 is 1.24 bits per heavy atom. The molecule has 1 heterocycles. The zero-order valence-corrected chi connectivity index (χ0v) is 12.0. The molecule has 0 fully saturated rings. The second-order valence-electron chi connectivity index (χ2n) is 3.68. The third-order valence-corrected chi connectivity index (χ3v) is 4.62. The van der Waals surface area contributed by atoms with Crippen molar-refractivity contribution in [2.24, 2.45) is 5.73 Å². The molecule has 0 saturated carbocycles. The Morgan fingerprint density at radius 3 is 2.35 bits per heavy atom. The van der Waals surface area contributed by atoms with E-state index >= 15 is 0 Å². The lowest BCUT2D eigenvalue weighted by molar-refractivity contribution is 0.0941. The first-order valence-electron chi connectivity index (χ1n) is 5.00. The average Bonchev–Trinajstić information content (AvgIpc) is 2.76. The number of aliphatic hydroxyl groups is 1. The Bertz CT molecular complexity index is 513. The maximum atomic E-state index is 10.7. The summed E-state index contributed by atoms with van der Waals surface area (Å²) < 4.78 is 0.966. The normalized spacial score (nSPS) is 14.6. The van der Waals surface area contributed by atoms with Gasteiger partial charge in [-0.3, -0.25) is 0 Å². The van der Waals surface area contributed by atoms with Gasteiger partial charge in [0.2, 0.25) is 0 Å². The quantitative estimate of drug-likeness (QED) is 0.905. The molecule has 0 aliphatic carbocycles. The van der Waals surface area contributed by atoms with Gasteiger partial charge in [0, 0.05) is 16.4 Å². The SMILES string of the molecule is NC[C@@](O)(c1ccc(Cl)cc1)c1ccc(Br)s1. The molecule has 17 heavy (non-hydrogen) atoms. The molecule has 0 aliphatic rings. The summed E-state index contributed by atoms with van der Waals surface area (Å²) in [5, 5.41) is 11.3. The minimum absolute atomic E-state index is 0.127. The molecule has 1 atom stereocenters. The summed E-state index contributed by atoms with van der Waals surface area (Å²) in [5.74, 6) is 0. The van der Waals surface area contributed by atoms with Crippen LogP contribution >= 0.6 is 38.9 Å². The van der Waals surface area contributed by atoms with E-state index in [1.165, 1.54) is 11.3 Å². The van der Waals surface area contributed by atoms with Gasteiger partial charge >= 0.3 is 0 Å². The van der Waals surface area contributed by atoms with E-state index in [2.05, 4.69) is 15.9 Å². The van der Waals surface area contributed by atoms with E-state index in [1.54, 1.807) is 24.3 Å². The molecule has 2 nitrogen and oxygen atoms in total. The molecule has 3 N–H and O–H groups in total. The molecule has 0 bridgehead atoms. The monoisotopic (exact) mass is 331 g/mol. The third kappa shape index (κ3) is 2.56. The summed E-state index contributed by atoms with van der Waals surface area (Å²) in [4.78, 5) is 0.814. The van der Waals surface area contributed by atoms with Crippen LogP contribution in [0.2, 0.25) is 5.02 Å². The van der Waals surface area contributed by atoms with Crippen molar-refractivity contribution in [1.29, 1.82) is 0 Å². The van der Waals surface area contributed by atoms with Gasteiger partial charge in [-0.15, -0.1) is 11.3 Å².